The lowest BCUT2D eigenvalue weighted by atomic mass is 9.97. The van der Waals surface area contributed by atoms with E-state index >= 15 is 0 Å². The van der Waals surface area contributed by atoms with Gasteiger partial charge in [-0.15, -0.1) is 0 Å². The first-order valence-electron chi connectivity index (χ1n) is 6.89. The number of carbonyl (C=O) groups excluding carboxylic acids is 2. The molecule has 0 saturated heterocycles. The number of aromatic nitrogens is 2. The van der Waals surface area contributed by atoms with Crippen molar-refractivity contribution >= 4 is 11.8 Å². The molecular weight excluding hydrogens is 274 g/mol. The first-order valence-corrected chi connectivity index (χ1v) is 6.89. The molecular formula is C14H17N3O4. The van der Waals surface area contributed by atoms with Crippen molar-refractivity contribution in [1.29, 1.82) is 0 Å². The number of imide groups is 1. The van der Waals surface area contributed by atoms with Gasteiger partial charge in [0, 0.05) is 24.9 Å². The Morgan fingerprint density at radius 3 is 2.62 bits per heavy atom. The van der Waals surface area contributed by atoms with Gasteiger partial charge in [-0.05, 0) is 12.8 Å². The molecule has 1 atom stereocenters. The fourth-order valence-corrected chi connectivity index (χ4v) is 2.22. The van der Waals surface area contributed by atoms with Crippen LogP contribution in [-0.4, -0.2) is 21.4 Å². The Kier molecular flexibility index (Phi) is 4.86. The van der Waals surface area contributed by atoms with E-state index in [4.69, 9.17) is 0 Å². The molecule has 2 heterocycles. The number of carbonyl (C=O) groups is 2. The Morgan fingerprint density at radius 2 is 1.90 bits per heavy atom. The zero-order chi connectivity index (χ0) is 15.2. The van der Waals surface area contributed by atoms with Crippen LogP contribution in [0.15, 0.2) is 34.0 Å². The standard InChI is InChI=1S/C14H17N3O4/c18-11-6-5-10(13(20)15-11)4-2-1-3-8-17-9-7-12(19)16-14(17)21/h5-7,9-10H,1-4,8H2,(H,15,18,20)(H,16,19,21)/t10-/m1/s1. The first-order chi connectivity index (χ1) is 10.1. The molecule has 0 saturated carbocycles. The smallest absolute Gasteiger partial charge is 0.301 e. The SMILES string of the molecule is O=C1C=C[C@@H](CCCCCn2ccc(=O)[nH]c2=O)C(=O)N1. The number of nitrogens with zero attached hydrogens (tertiary/aromatic N) is 1. The van der Waals surface area contributed by atoms with Gasteiger partial charge in [0.1, 0.15) is 0 Å². The maximum absolute atomic E-state index is 11.5. The van der Waals surface area contributed by atoms with Gasteiger partial charge in [-0.1, -0.05) is 18.9 Å². The van der Waals surface area contributed by atoms with Gasteiger partial charge in [-0.2, -0.15) is 0 Å². The summed E-state index contributed by atoms with van der Waals surface area (Å²) >= 11 is 0. The van der Waals surface area contributed by atoms with E-state index in [0.29, 0.717) is 13.0 Å². The van der Waals surface area contributed by atoms with Crippen LogP contribution in [0, 0.1) is 5.92 Å². The molecule has 1 aromatic rings. The average Bonchev–Trinajstić information content (AvgIpc) is 2.42. The van der Waals surface area contributed by atoms with E-state index in [9.17, 15) is 19.2 Å². The number of hydrogen-bond donors (Lipinski definition) is 2. The highest BCUT2D eigenvalue weighted by Gasteiger charge is 2.20. The van der Waals surface area contributed by atoms with Crippen LogP contribution in [0.1, 0.15) is 25.7 Å². The molecule has 1 aromatic heterocycles. The van der Waals surface area contributed by atoms with Gasteiger partial charge < -0.3 is 4.57 Å². The van der Waals surface area contributed by atoms with Gasteiger partial charge in [0.15, 0.2) is 0 Å². The molecule has 7 heteroatoms. The summed E-state index contributed by atoms with van der Waals surface area (Å²) in [7, 11) is 0. The molecule has 0 aromatic carbocycles. The Hall–Kier alpha value is -2.44. The minimum absolute atomic E-state index is 0.251. The molecule has 21 heavy (non-hydrogen) atoms. The maximum Gasteiger partial charge on any atom is 0.328 e. The molecule has 2 amide bonds. The Labute approximate surface area is 120 Å². The number of unbranched alkanes of at least 4 members (excludes halogenated alkanes) is 2. The van der Waals surface area contributed by atoms with Crippen molar-refractivity contribution in [2.75, 3.05) is 0 Å². The lowest BCUT2D eigenvalue weighted by molar-refractivity contribution is -0.130. The predicted molar refractivity (Wildman–Crippen MR) is 75.6 cm³/mol. The van der Waals surface area contributed by atoms with E-state index in [0.717, 1.165) is 19.3 Å². The number of hydrogen-bond acceptors (Lipinski definition) is 4. The zero-order valence-corrected chi connectivity index (χ0v) is 11.5. The lowest BCUT2D eigenvalue weighted by Crippen LogP contribution is -2.37. The molecule has 2 rings (SSSR count). The first kappa shape index (κ1) is 15.0. The van der Waals surface area contributed by atoms with Crippen LogP contribution in [-0.2, 0) is 16.1 Å². The lowest BCUT2D eigenvalue weighted by Gasteiger charge is -2.15. The Bertz CT molecular complexity index is 671. The van der Waals surface area contributed by atoms with Gasteiger partial charge >= 0.3 is 5.69 Å². The Balaban J connectivity index is 1.72. The van der Waals surface area contributed by atoms with E-state index in [2.05, 4.69) is 10.3 Å². The predicted octanol–water partition coefficient (Wildman–Crippen LogP) is -0.0742. The number of amides is 2. The van der Waals surface area contributed by atoms with Crippen molar-refractivity contribution in [3.63, 3.8) is 0 Å². The minimum Gasteiger partial charge on any atom is -0.301 e. The van der Waals surface area contributed by atoms with Crippen molar-refractivity contribution in [3.05, 3.63) is 45.3 Å². The van der Waals surface area contributed by atoms with E-state index < -0.39 is 11.2 Å². The third-order valence-electron chi connectivity index (χ3n) is 3.37. The second-order valence-electron chi connectivity index (χ2n) is 4.97. The molecule has 1 aliphatic rings. The summed E-state index contributed by atoms with van der Waals surface area (Å²) in [6.07, 6.45) is 7.63. The van der Waals surface area contributed by atoms with Crippen LogP contribution in [0.2, 0.25) is 0 Å². The summed E-state index contributed by atoms with van der Waals surface area (Å²) in [6.45, 7) is 0.529. The van der Waals surface area contributed by atoms with Crippen LogP contribution < -0.4 is 16.6 Å². The van der Waals surface area contributed by atoms with Gasteiger partial charge in [-0.25, -0.2) is 4.79 Å². The highest BCUT2D eigenvalue weighted by molar-refractivity contribution is 6.05. The molecule has 2 N–H and O–H groups in total. The van der Waals surface area contributed by atoms with E-state index in [1.165, 1.54) is 22.9 Å². The van der Waals surface area contributed by atoms with Crippen molar-refractivity contribution in [3.8, 4) is 0 Å². The van der Waals surface area contributed by atoms with E-state index in [1.54, 1.807) is 6.08 Å². The molecule has 0 unspecified atom stereocenters. The third kappa shape index (κ3) is 4.27. The van der Waals surface area contributed by atoms with Gasteiger partial charge in [0.2, 0.25) is 11.8 Å². The van der Waals surface area contributed by atoms with Crippen LogP contribution >= 0.6 is 0 Å². The average molecular weight is 291 g/mol. The molecule has 0 aliphatic carbocycles. The number of H-pyrrole nitrogens is 1. The monoisotopic (exact) mass is 291 g/mol. The summed E-state index contributed by atoms with van der Waals surface area (Å²) in [4.78, 5) is 47.0. The molecule has 112 valence electrons. The van der Waals surface area contributed by atoms with Gasteiger partial charge in [0.25, 0.3) is 5.56 Å². The number of aromatic amines is 1. The summed E-state index contributed by atoms with van der Waals surface area (Å²) < 4.78 is 1.45. The maximum atomic E-state index is 11.5. The van der Waals surface area contributed by atoms with Crippen LogP contribution in [0.25, 0.3) is 0 Å². The molecule has 1 aliphatic heterocycles. The largest absolute Gasteiger partial charge is 0.328 e. The summed E-state index contributed by atoms with van der Waals surface area (Å²) in [5.41, 5.74) is -0.809. The van der Waals surface area contributed by atoms with Crippen LogP contribution in [0.5, 0.6) is 0 Å². The fraction of sp³-hybridized carbons (Fsp3) is 0.429. The topological polar surface area (TPSA) is 101 Å². The second-order valence-corrected chi connectivity index (χ2v) is 4.97. The minimum atomic E-state index is -0.407. The molecule has 0 fully saturated rings. The fourth-order valence-electron chi connectivity index (χ4n) is 2.22. The van der Waals surface area contributed by atoms with Crippen molar-refractivity contribution < 1.29 is 9.59 Å². The number of rotatable bonds is 6. The van der Waals surface area contributed by atoms with Crippen molar-refractivity contribution in [2.24, 2.45) is 5.92 Å². The highest BCUT2D eigenvalue weighted by Crippen LogP contribution is 2.14. The normalized spacial score (nSPS) is 17.8. The van der Waals surface area contributed by atoms with Crippen LogP contribution in [0.4, 0.5) is 0 Å². The molecule has 0 radical (unpaired) electrons. The van der Waals surface area contributed by atoms with Crippen molar-refractivity contribution in [2.45, 2.75) is 32.2 Å². The van der Waals surface area contributed by atoms with Crippen molar-refractivity contribution in [1.82, 2.24) is 14.9 Å². The number of nitrogens with one attached hydrogen (secondary N) is 2. The highest BCUT2D eigenvalue weighted by atomic mass is 16.2. The zero-order valence-electron chi connectivity index (χ0n) is 11.5. The Morgan fingerprint density at radius 1 is 1.10 bits per heavy atom. The summed E-state index contributed by atoms with van der Waals surface area (Å²) in [5, 5.41) is 2.27. The third-order valence-corrected chi connectivity index (χ3v) is 3.37. The summed E-state index contributed by atoms with van der Waals surface area (Å²) in [6, 6.07) is 1.32. The van der Waals surface area contributed by atoms with E-state index in [-0.39, 0.29) is 17.7 Å². The number of aryl methyl sites for hydroxylation is 1. The van der Waals surface area contributed by atoms with Gasteiger partial charge in [0.05, 0.1) is 5.92 Å². The van der Waals surface area contributed by atoms with Gasteiger partial charge in [-0.3, -0.25) is 24.7 Å². The quantitative estimate of drug-likeness (QED) is 0.565. The summed E-state index contributed by atoms with van der Waals surface area (Å²) in [5.74, 6) is -0.869. The second kappa shape index (κ2) is 6.83. The van der Waals surface area contributed by atoms with Crippen LogP contribution in [0.3, 0.4) is 0 Å². The molecule has 0 bridgehead atoms. The molecule has 7 nitrogen and oxygen atoms in total. The van der Waals surface area contributed by atoms with E-state index in [1.807, 2.05) is 0 Å². The molecule has 0 spiro atoms.